The van der Waals surface area contributed by atoms with Crippen LogP contribution in [0.15, 0.2) is 118 Å². The molecule has 0 amide bonds. The van der Waals surface area contributed by atoms with Gasteiger partial charge in [-0.25, -0.2) is 0 Å². The molecule has 0 atom stereocenters. The van der Waals surface area contributed by atoms with E-state index < -0.39 is 10.1 Å². The highest BCUT2D eigenvalue weighted by atomic mass is 32.2. The zero-order valence-corrected chi connectivity index (χ0v) is 31.6. The van der Waals surface area contributed by atoms with Crippen molar-refractivity contribution in [3.63, 3.8) is 0 Å². The van der Waals surface area contributed by atoms with Crippen LogP contribution in [-0.4, -0.2) is 29.8 Å². The Morgan fingerprint density at radius 2 is 1.53 bits per heavy atom. The van der Waals surface area contributed by atoms with Crippen LogP contribution in [0.4, 0.5) is 5.69 Å². The van der Waals surface area contributed by atoms with Crippen LogP contribution in [-0.2, 0) is 23.2 Å². The Morgan fingerprint density at radius 1 is 0.824 bits per heavy atom. The molecular formula is C40H38N3O4S4+. The molecule has 0 saturated carbocycles. The van der Waals surface area contributed by atoms with Crippen molar-refractivity contribution < 1.29 is 17.5 Å². The fraction of sp³-hybridized carbons (Fsp3) is 0.200. The minimum absolute atomic E-state index is 0.0255. The first-order valence-electron chi connectivity index (χ1n) is 17.0. The van der Waals surface area contributed by atoms with Gasteiger partial charge in [-0.05, 0) is 73.4 Å². The Bertz CT molecular complexity index is 2540. The van der Waals surface area contributed by atoms with Gasteiger partial charge in [0.1, 0.15) is 16.1 Å². The summed E-state index contributed by atoms with van der Waals surface area (Å²) in [7, 11) is -4.02. The molecule has 0 unspecified atom stereocenters. The van der Waals surface area contributed by atoms with E-state index in [4.69, 9.17) is 0 Å². The van der Waals surface area contributed by atoms with Gasteiger partial charge in [0.25, 0.3) is 20.7 Å². The molecule has 3 heterocycles. The van der Waals surface area contributed by atoms with Crippen molar-refractivity contribution >= 4 is 73.2 Å². The molecule has 1 aliphatic heterocycles. The van der Waals surface area contributed by atoms with Gasteiger partial charge in [0.2, 0.25) is 5.69 Å². The van der Waals surface area contributed by atoms with E-state index in [9.17, 15) is 17.8 Å². The van der Waals surface area contributed by atoms with Crippen LogP contribution in [0, 0.1) is 0 Å². The molecule has 7 rings (SSSR count). The SMILES string of the molecule is CCn1c(=Cc2sc(-c3ccccc3)c(-c3ccccc3)[n+]2CC)s/c(=C/C=C2Sc3c(ccc4ccccc34)N2CCCCS(=O)(=O)O)c1=O. The van der Waals surface area contributed by atoms with E-state index in [0.29, 0.717) is 30.5 Å². The highest BCUT2D eigenvalue weighted by Crippen LogP contribution is 2.49. The lowest BCUT2D eigenvalue weighted by atomic mass is 10.1. The van der Waals surface area contributed by atoms with Crippen molar-refractivity contribution in [1.82, 2.24) is 4.57 Å². The lowest BCUT2D eigenvalue weighted by molar-refractivity contribution is -0.679. The third-order valence-electron chi connectivity index (χ3n) is 8.89. The van der Waals surface area contributed by atoms with E-state index >= 15 is 0 Å². The predicted molar refractivity (Wildman–Crippen MR) is 213 cm³/mol. The van der Waals surface area contributed by atoms with E-state index in [0.717, 1.165) is 53.7 Å². The smallest absolute Gasteiger partial charge is 0.269 e. The Morgan fingerprint density at radius 3 is 2.24 bits per heavy atom. The molecule has 4 aromatic carbocycles. The topological polar surface area (TPSA) is 83.5 Å². The van der Waals surface area contributed by atoms with E-state index in [1.807, 2.05) is 47.9 Å². The number of nitrogens with zero attached hydrogens (tertiary/aromatic N) is 3. The number of thioether (sulfide) groups is 1. The summed E-state index contributed by atoms with van der Waals surface area (Å²) >= 11 is 4.89. The van der Waals surface area contributed by atoms with Crippen molar-refractivity contribution in [2.45, 2.75) is 44.7 Å². The second-order valence-corrected chi connectivity index (χ2v) is 16.8. The number of hydrogen-bond donors (Lipinski definition) is 1. The van der Waals surface area contributed by atoms with E-state index in [1.54, 1.807) is 23.1 Å². The highest BCUT2D eigenvalue weighted by molar-refractivity contribution is 8.04. The zero-order valence-electron chi connectivity index (χ0n) is 28.4. The van der Waals surface area contributed by atoms with Gasteiger partial charge in [0.05, 0.1) is 27.1 Å². The van der Waals surface area contributed by atoms with Crippen LogP contribution in [0.5, 0.6) is 0 Å². The molecule has 0 spiro atoms. The maximum atomic E-state index is 13.9. The number of hydrogen-bond acceptors (Lipinski definition) is 7. The largest absolute Gasteiger partial charge is 0.335 e. The third-order valence-corrected chi connectivity index (χ3v) is 13.2. The zero-order chi connectivity index (χ0) is 35.5. The predicted octanol–water partition coefficient (Wildman–Crippen LogP) is 7.52. The molecule has 0 aliphatic carbocycles. The average Bonchev–Trinajstić information content (AvgIpc) is 3.79. The van der Waals surface area contributed by atoms with E-state index in [2.05, 4.69) is 95.3 Å². The number of fused-ring (bicyclic) bond motifs is 3. The summed E-state index contributed by atoms with van der Waals surface area (Å²) in [6, 6.07) is 33.4. The molecule has 0 radical (unpaired) electrons. The standard InChI is InChI=1S/C40H37N3O4S4/c1-3-41-35(50-38(30-18-9-6-10-19-30)37(41)29-16-7-5-8-17-29)27-36-42(4-2)40(44)33(48-36)23-24-34-43(25-13-14-26-51(45,46)47)32-22-21-28-15-11-12-20-31(28)39(32)49-34/h5-12,15-24,27H,3-4,13-14,25-26H2,1-2H3/p+1/b33-23+,34-24?. The highest BCUT2D eigenvalue weighted by Gasteiger charge is 2.28. The summed E-state index contributed by atoms with van der Waals surface area (Å²) in [5.74, 6) is -0.267. The second-order valence-electron chi connectivity index (χ2n) is 12.1. The molecule has 11 heteroatoms. The maximum absolute atomic E-state index is 13.9. The summed E-state index contributed by atoms with van der Waals surface area (Å²) in [5.41, 5.74) is 4.51. The van der Waals surface area contributed by atoms with Crippen molar-refractivity contribution in [3.8, 4) is 21.7 Å². The molecule has 0 bridgehead atoms. The van der Waals surface area contributed by atoms with Crippen LogP contribution in [0.1, 0.15) is 31.7 Å². The number of anilines is 1. The summed E-state index contributed by atoms with van der Waals surface area (Å²) < 4.78 is 37.7. The molecule has 1 aliphatic rings. The molecule has 2 aromatic heterocycles. The van der Waals surface area contributed by atoms with E-state index in [-0.39, 0.29) is 11.3 Å². The van der Waals surface area contributed by atoms with Crippen LogP contribution in [0.3, 0.4) is 0 Å². The first kappa shape index (κ1) is 35.2. The number of thiazole rings is 2. The molecule has 0 saturated heterocycles. The van der Waals surface area contributed by atoms with Gasteiger partial charge < -0.3 is 4.90 Å². The number of rotatable bonds is 11. The third kappa shape index (κ3) is 7.40. The van der Waals surface area contributed by atoms with Crippen LogP contribution >= 0.6 is 34.4 Å². The number of aromatic nitrogens is 2. The molecule has 51 heavy (non-hydrogen) atoms. The Labute approximate surface area is 309 Å². The summed E-state index contributed by atoms with van der Waals surface area (Å²) in [5, 5.41) is 4.34. The Kier molecular flexibility index (Phi) is 10.4. The summed E-state index contributed by atoms with van der Waals surface area (Å²) in [4.78, 5) is 18.4. The monoisotopic (exact) mass is 752 g/mol. The second kappa shape index (κ2) is 15.1. The Balaban J connectivity index is 1.31. The Hall–Kier alpha value is -4.26. The van der Waals surface area contributed by atoms with Crippen LogP contribution < -0.4 is 24.2 Å². The first-order chi connectivity index (χ1) is 24.8. The van der Waals surface area contributed by atoms with Gasteiger partial charge in [-0.3, -0.25) is 13.9 Å². The maximum Gasteiger partial charge on any atom is 0.269 e. The van der Waals surface area contributed by atoms with Crippen molar-refractivity contribution in [2.24, 2.45) is 0 Å². The molecule has 6 aromatic rings. The van der Waals surface area contributed by atoms with E-state index in [1.165, 1.54) is 21.9 Å². The lowest BCUT2D eigenvalue weighted by Crippen LogP contribution is -2.36. The summed E-state index contributed by atoms with van der Waals surface area (Å²) in [6.45, 7) is 6.07. The lowest BCUT2D eigenvalue weighted by Gasteiger charge is -2.20. The minimum Gasteiger partial charge on any atom is -0.335 e. The van der Waals surface area contributed by atoms with Crippen LogP contribution in [0.2, 0.25) is 0 Å². The minimum atomic E-state index is -4.02. The van der Waals surface area contributed by atoms with Gasteiger partial charge in [-0.15, -0.1) is 11.3 Å². The molecule has 260 valence electrons. The quantitative estimate of drug-likeness (QED) is 0.0839. The van der Waals surface area contributed by atoms with Gasteiger partial charge in [-0.1, -0.05) is 102 Å². The van der Waals surface area contributed by atoms with Gasteiger partial charge in [-0.2, -0.15) is 13.0 Å². The van der Waals surface area contributed by atoms with Gasteiger partial charge >= 0.3 is 0 Å². The van der Waals surface area contributed by atoms with Crippen molar-refractivity contribution in [3.05, 3.63) is 133 Å². The molecule has 0 fully saturated rings. The molecular weight excluding hydrogens is 715 g/mol. The molecule has 7 nitrogen and oxygen atoms in total. The number of allylic oxidation sites excluding steroid dienone is 1. The summed E-state index contributed by atoms with van der Waals surface area (Å²) in [6.07, 6.45) is 7.02. The van der Waals surface area contributed by atoms with Crippen LogP contribution in [0.25, 0.3) is 44.6 Å². The average molecular weight is 753 g/mol. The molecule has 1 N–H and O–H groups in total. The number of unbranched alkanes of at least 4 members (excludes halogenated alkanes) is 1. The van der Waals surface area contributed by atoms with Gasteiger partial charge in [0, 0.05) is 23.5 Å². The normalized spacial score (nSPS) is 14.6. The first-order valence-corrected chi connectivity index (χ1v) is 21.0. The number of benzene rings is 4. The van der Waals surface area contributed by atoms with Crippen molar-refractivity contribution in [2.75, 3.05) is 17.2 Å². The fourth-order valence-electron chi connectivity index (χ4n) is 6.48. The van der Waals surface area contributed by atoms with Crippen molar-refractivity contribution in [1.29, 1.82) is 0 Å². The fourth-order valence-corrected chi connectivity index (χ4v) is 10.7. The van der Waals surface area contributed by atoms with Gasteiger partial charge in [0.15, 0.2) is 0 Å².